The van der Waals surface area contributed by atoms with Crippen molar-refractivity contribution >= 4 is 33.4 Å². The molecule has 0 aliphatic heterocycles. The Balaban J connectivity index is 2.76. The van der Waals surface area contributed by atoms with Crippen molar-refractivity contribution in [3.05, 3.63) is 21.0 Å². The Morgan fingerprint density at radius 1 is 1.59 bits per heavy atom. The van der Waals surface area contributed by atoms with Crippen molar-refractivity contribution in [1.82, 2.24) is 9.78 Å². The van der Waals surface area contributed by atoms with Crippen LogP contribution in [0.15, 0.2) is 15.5 Å². The highest BCUT2D eigenvalue weighted by molar-refractivity contribution is 9.10. The van der Waals surface area contributed by atoms with Gasteiger partial charge in [-0.25, -0.2) is 4.68 Å². The summed E-state index contributed by atoms with van der Waals surface area (Å²) in [6.07, 6.45) is 5.79. The molecule has 0 fully saturated rings. The van der Waals surface area contributed by atoms with E-state index < -0.39 is 0 Å². The normalized spacial score (nSPS) is 10.5. The van der Waals surface area contributed by atoms with Crippen LogP contribution in [-0.4, -0.2) is 28.3 Å². The van der Waals surface area contributed by atoms with Crippen molar-refractivity contribution in [3.63, 3.8) is 0 Å². The van der Waals surface area contributed by atoms with E-state index in [1.54, 1.807) is 18.0 Å². The molecule has 0 aliphatic rings. The van der Waals surface area contributed by atoms with Gasteiger partial charge < -0.3 is 5.32 Å². The van der Waals surface area contributed by atoms with Crippen LogP contribution in [0, 0.1) is 0 Å². The number of nitrogens with zero attached hydrogens (tertiary/aromatic N) is 2. The molecule has 0 bridgehead atoms. The first-order chi connectivity index (χ1) is 8.20. The van der Waals surface area contributed by atoms with Gasteiger partial charge in [0.2, 0.25) is 0 Å². The summed E-state index contributed by atoms with van der Waals surface area (Å²) in [6.45, 7) is 3.61. The maximum atomic E-state index is 11.9. The van der Waals surface area contributed by atoms with Crippen molar-refractivity contribution in [2.75, 3.05) is 23.9 Å². The van der Waals surface area contributed by atoms with Gasteiger partial charge >= 0.3 is 0 Å². The third-order valence-corrected chi connectivity index (χ3v) is 3.71. The molecule has 1 N–H and O–H groups in total. The van der Waals surface area contributed by atoms with Crippen molar-refractivity contribution in [2.45, 2.75) is 26.3 Å². The zero-order valence-corrected chi connectivity index (χ0v) is 12.6. The number of nitrogens with one attached hydrogen (secondary N) is 1. The number of unbranched alkanes of at least 4 members (excludes halogenated alkanes) is 1. The van der Waals surface area contributed by atoms with Crippen LogP contribution >= 0.6 is 27.7 Å². The summed E-state index contributed by atoms with van der Waals surface area (Å²) in [5.41, 5.74) is 0.712. The number of rotatable bonds is 7. The average molecular weight is 320 g/mol. The monoisotopic (exact) mass is 319 g/mol. The fraction of sp³-hybridized carbons (Fsp3) is 0.636. The molecule has 1 aromatic rings. The second kappa shape index (κ2) is 7.76. The molecule has 0 saturated carbocycles. The van der Waals surface area contributed by atoms with Crippen LogP contribution < -0.4 is 10.9 Å². The lowest BCUT2D eigenvalue weighted by Crippen LogP contribution is -2.24. The van der Waals surface area contributed by atoms with Gasteiger partial charge in [0.25, 0.3) is 5.56 Å². The van der Waals surface area contributed by atoms with E-state index in [0.717, 1.165) is 30.8 Å². The fourth-order valence-corrected chi connectivity index (χ4v) is 2.10. The van der Waals surface area contributed by atoms with Crippen molar-refractivity contribution in [1.29, 1.82) is 0 Å². The van der Waals surface area contributed by atoms with Crippen LogP contribution in [0.2, 0.25) is 0 Å². The third kappa shape index (κ3) is 4.35. The first kappa shape index (κ1) is 14.6. The lowest BCUT2D eigenvalue weighted by atomic mass is 10.3. The first-order valence-corrected chi connectivity index (χ1v) is 7.87. The van der Waals surface area contributed by atoms with Crippen LogP contribution in [0.3, 0.4) is 0 Å². The molecule has 1 aromatic heterocycles. The molecule has 0 spiro atoms. The van der Waals surface area contributed by atoms with Gasteiger partial charge in [-0.1, -0.05) is 13.3 Å². The van der Waals surface area contributed by atoms with Crippen LogP contribution in [0.25, 0.3) is 0 Å². The lowest BCUT2D eigenvalue weighted by molar-refractivity contribution is 0.541. The molecule has 1 heterocycles. The van der Waals surface area contributed by atoms with E-state index in [4.69, 9.17) is 0 Å². The molecule has 0 atom stereocenters. The van der Waals surface area contributed by atoms with E-state index in [1.807, 2.05) is 0 Å². The number of halogens is 1. The van der Waals surface area contributed by atoms with Crippen LogP contribution in [0.4, 0.5) is 5.69 Å². The van der Waals surface area contributed by atoms with Gasteiger partial charge in [0, 0.05) is 18.8 Å². The van der Waals surface area contributed by atoms with E-state index >= 15 is 0 Å². The summed E-state index contributed by atoms with van der Waals surface area (Å²) in [7, 11) is 0. The summed E-state index contributed by atoms with van der Waals surface area (Å²) in [5.74, 6) is 1.01. The zero-order valence-electron chi connectivity index (χ0n) is 10.2. The average Bonchev–Trinajstić information content (AvgIpc) is 2.34. The summed E-state index contributed by atoms with van der Waals surface area (Å²) >= 11 is 5.10. The highest BCUT2D eigenvalue weighted by Gasteiger charge is 2.07. The van der Waals surface area contributed by atoms with Gasteiger partial charge in [0.15, 0.2) is 0 Å². The van der Waals surface area contributed by atoms with Gasteiger partial charge in [-0.15, -0.1) is 0 Å². The predicted molar refractivity (Wildman–Crippen MR) is 78.0 cm³/mol. The van der Waals surface area contributed by atoms with Crippen LogP contribution in [0.5, 0.6) is 0 Å². The Hall–Kier alpha value is -0.490. The molecule has 0 saturated heterocycles. The van der Waals surface area contributed by atoms with Crippen molar-refractivity contribution in [3.8, 4) is 0 Å². The summed E-state index contributed by atoms with van der Waals surface area (Å²) in [5, 5.41) is 7.35. The Labute approximate surface area is 114 Å². The zero-order chi connectivity index (χ0) is 12.7. The van der Waals surface area contributed by atoms with E-state index in [9.17, 15) is 4.79 Å². The molecule has 96 valence electrons. The van der Waals surface area contributed by atoms with E-state index in [0.29, 0.717) is 11.0 Å². The maximum absolute atomic E-state index is 11.9. The number of aromatic nitrogens is 2. The second-order valence-corrected chi connectivity index (χ2v) is 5.45. The molecule has 1 rings (SSSR count). The number of aryl methyl sites for hydroxylation is 1. The summed E-state index contributed by atoms with van der Waals surface area (Å²) in [4.78, 5) is 11.9. The SMILES string of the molecule is CCCCn1ncc(NCCSC)c(Br)c1=O. The minimum atomic E-state index is -0.0624. The topological polar surface area (TPSA) is 46.9 Å². The van der Waals surface area contributed by atoms with Gasteiger partial charge in [0.05, 0.1) is 11.9 Å². The summed E-state index contributed by atoms with van der Waals surface area (Å²) < 4.78 is 2.08. The van der Waals surface area contributed by atoms with E-state index in [2.05, 4.69) is 39.5 Å². The van der Waals surface area contributed by atoms with Gasteiger partial charge in [0.1, 0.15) is 4.47 Å². The molecule has 0 unspecified atom stereocenters. The Bertz CT molecular complexity index is 408. The van der Waals surface area contributed by atoms with E-state index in [-0.39, 0.29) is 5.56 Å². The highest BCUT2D eigenvalue weighted by atomic mass is 79.9. The van der Waals surface area contributed by atoms with Gasteiger partial charge in [-0.05, 0) is 28.6 Å². The molecule has 0 amide bonds. The van der Waals surface area contributed by atoms with Gasteiger partial charge in [-0.2, -0.15) is 16.9 Å². The molecular formula is C11H18BrN3OS. The number of hydrogen-bond donors (Lipinski definition) is 1. The summed E-state index contributed by atoms with van der Waals surface area (Å²) in [6, 6.07) is 0. The molecule has 0 aromatic carbocycles. The molecule has 6 heteroatoms. The Morgan fingerprint density at radius 3 is 3.00 bits per heavy atom. The Kier molecular flexibility index (Phi) is 6.65. The van der Waals surface area contributed by atoms with Gasteiger partial charge in [-0.3, -0.25) is 4.79 Å². The minimum absolute atomic E-state index is 0.0624. The van der Waals surface area contributed by atoms with Crippen LogP contribution in [0.1, 0.15) is 19.8 Å². The molecule has 4 nitrogen and oxygen atoms in total. The number of thioether (sulfide) groups is 1. The van der Waals surface area contributed by atoms with Crippen molar-refractivity contribution in [2.24, 2.45) is 0 Å². The molecule has 0 aliphatic carbocycles. The highest BCUT2D eigenvalue weighted by Crippen LogP contribution is 2.16. The fourth-order valence-electron chi connectivity index (χ4n) is 1.34. The lowest BCUT2D eigenvalue weighted by Gasteiger charge is -2.09. The maximum Gasteiger partial charge on any atom is 0.283 e. The number of hydrogen-bond acceptors (Lipinski definition) is 4. The largest absolute Gasteiger partial charge is 0.382 e. The van der Waals surface area contributed by atoms with Crippen LogP contribution in [-0.2, 0) is 6.54 Å². The smallest absolute Gasteiger partial charge is 0.283 e. The molecular weight excluding hydrogens is 302 g/mol. The Morgan fingerprint density at radius 2 is 2.35 bits per heavy atom. The standard InChI is InChI=1S/C11H18BrN3OS/c1-3-4-6-15-11(16)10(12)9(8-14-15)13-5-7-17-2/h8,13H,3-7H2,1-2H3. The van der Waals surface area contributed by atoms with Crippen molar-refractivity contribution < 1.29 is 0 Å². The first-order valence-electron chi connectivity index (χ1n) is 5.69. The number of anilines is 1. The quantitative estimate of drug-likeness (QED) is 0.785. The third-order valence-electron chi connectivity index (χ3n) is 2.33. The second-order valence-electron chi connectivity index (χ2n) is 3.67. The predicted octanol–water partition coefficient (Wildman–Crippen LogP) is 2.58. The van der Waals surface area contributed by atoms with E-state index in [1.165, 1.54) is 4.68 Å². The minimum Gasteiger partial charge on any atom is -0.382 e. The molecule has 0 radical (unpaired) electrons. The molecule has 17 heavy (non-hydrogen) atoms.